The number of aromatic nitrogens is 1. The third-order valence-electron chi connectivity index (χ3n) is 5.18. The van der Waals surface area contributed by atoms with Crippen LogP contribution in [0.4, 0.5) is 0 Å². The van der Waals surface area contributed by atoms with Crippen LogP contribution >= 0.6 is 0 Å². The average Bonchev–Trinajstić information content (AvgIpc) is 2.85. The van der Waals surface area contributed by atoms with Crippen LogP contribution in [0.5, 0.6) is 0 Å². The normalized spacial score (nSPS) is 18.0. The van der Waals surface area contributed by atoms with Crippen molar-refractivity contribution in [3.05, 3.63) is 35.0 Å². The minimum Gasteiger partial charge on any atom is -0.469 e. The summed E-state index contributed by atoms with van der Waals surface area (Å²) in [6.45, 7) is 9.91. The number of carbonyl (C=O) groups is 1. The highest BCUT2D eigenvalue weighted by atomic mass is 16.5. The van der Waals surface area contributed by atoms with Gasteiger partial charge in [-0.15, -0.1) is 0 Å². The Kier molecular flexibility index (Phi) is 3.99. The van der Waals surface area contributed by atoms with Crippen LogP contribution < -0.4 is 0 Å². The van der Waals surface area contributed by atoms with Gasteiger partial charge in [0, 0.05) is 23.1 Å². The van der Waals surface area contributed by atoms with Gasteiger partial charge in [-0.05, 0) is 54.9 Å². The van der Waals surface area contributed by atoms with Crippen LogP contribution in [0.25, 0.3) is 10.9 Å². The zero-order valence-corrected chi connectivity index (χ0v) is 14.9. The van der Waals surface area contributed by atoms with Crippen LogP contribution in [0.15, 0.2) is 18.2 Å². The molecule has 0 N–H and O–H groups in total. The second-order valence-electron chi connectivity index (χ2n) is 7.61. The quantitative estimate of drug-likeness (QED) is 0.777. The van der Waals surface area contributed by atoms with Crippen molar-refractivity contribution in [3.8, 4) is 0 Å². The van der Waals surface area contributed by atoms with Crippen molar-refractivity contribution in [2.24, 2.45) is 5.92 Å². The SMILES string of the molecule is CCn1c2c(c3cc(C(C)(C)C)ccc31)CC(C(=O)OC)CC2. The topological polar surface area (TPSA) is 31.2 Å². The van der Waals surface area contributed by atoms with Crippen molar-refractivity contribution >= 4 is 16.9 Å². The molecule has 1 aromatic carbocycles. The lowest BCUT2D eigenvalue weighted by Crippen LogP contribution is -2.24. The standard InChI is InChI=1S/C20H27NO2/c1-6-21-17-9-7-13(19(22)23-5)11-15(17)16-12-14(20(2,3)4)8-10-18(16)21/h8,10,12-13H,6-7,9,11H2,1-5H3. The van der Waals surface area contributed by atoms with Crippen molar-refractivity contribution in [1.82, 2.24) is 4.57 Å². The molecule has 3 nitrogen and oxygen atoms in total. The third-order valence-corrected chi connectivity index (χ3v) is 5.18. The molecule has 2 aromatic rings. The van der Waals surface area contributed by atoms with Crippen molar-refractivity contribution in [2.75, 3.05) is 7.11 Å². The molecule has 1 atom stereocenters. The highest BCUT2D eigenvalue weighted by molar-refractivity contribution is 5.88. The van der Waals surface area contributed by atoms with Gasteiger partial charge >= 0.3 is 5.97 Å². The van der Waals surface area contributed by atoms with E-state index in [1.165, 1.54) is 34.8 Å². The second kappa shape index (κ2) is 5.70. The van der Waals surface area contributed by atoms with E-state index in [0.717, 1.165) is 25.8 Å². The number of hydrogen-bond acceptors (Lipinski definition) is 2. The summed E-state index contributed by atoms with van der Waals surface area (Å²) in [5.41, 5.74) is 5.55. The summed E-state index contributed by atoms with van der Waals surface area (Å²) in [5, 5.41) is 1.32. The van der Waals surface area contributed by atoms with Gasteiger partial charge in [0.2, 0.25) is 0 Å². The molecule has 3 heteroatoms. The Labute approximate surface area is 138 Å². The number of methoxy groups -OCH3 is 1. The molecule has 1 aliphatic rings. The number of rotatable bonds is 2. The Balaban J connectivity index is 2.16. The smallest absolute Gasteiger partial charge is 0.309 e. The lowest BCUT2D eigenvalue weighted by molar-refractivity contribution is -0.145. The molecule has 1 heterocycles. The molecular weight excluding hydrogens is 286 g/mol. The summed E-state index contributed by atoms with van der Waals surface area (Å²) in [4.78, 5) is 12.0. The number of esters is 1. The van der Waals surface area contributed by atoms with Gasteiger partial charge in [0.05, 0.1) is 13.0 Å². The van der Waals surface area contributed by atoms with E-state index >= 15 is 0 Å². The molecule has 124 valence electrons. The predicted octanol–water partition coefficient (Wildman–Crippen LogP) is 4.24. The van der Waals surface area contributed by atoms with E-state index in [1.807, 2.05) is 0 Å². The zero-order valence-electron chi connectivity index (χ0n) is 14.9. The zero-order chi connectivity index (χ0) is 16.8. The summed E-state index contributed by atoms with van der Waals surface area (Å²) in [7, 11) is 1.49. The van der Waals surface area contributed by atoms with E-state index in [1.54, 1.807) is 0 Å². The number of nitrogens with zero attached hydrogens (tertiary/aromatic N) is 1. The first-order valence-corrected chi connectivity index (χ1v) is 8.59. The van der Waals surface area contributed by atoms with Gasteiger partial charge in [0.1, 0.15) is 0 Å². The van der Waals surface area contributed by atoms with E-state index in [2.05, 4.69) is 50.5 Å². The Morgan fingerprint density at radius 2 is 2.09 bits per heavy atom. The molecule has 0 saturated carbocycles. The summed E-state index contributed by atoms with van der Waals surface area (Å²) >= 11 is 0. The Morgan fingerprint density at radius 1 is 1.35 bits per heavy atom. The van der Waals surface area contributed by atoms with E-state index in [0.29, 0.717) is 0 Å². The molecule has 23 heavy (non-hydrogen) atoms. The third kappa shape index (κ3) is 2.66. The molecule has 3 rings (SSSR count). The van der Waals surface area contributed by atoms with E-state index < -0.39 is 0 Å². The van der Waals surface area contributed by atoms with Crippen LogP contribution in [0.3, 0.4) is 0 Å². The summed E-state index contributed by atoms with van der Waals surface area (Å²) in [6.07, 6.45) is 2.66. The Morgan fingerprint density at radius 3 is 2.70 bits per heavy atom. The monoisotopic (exact) mass is 313 g/mol. The first-order valence-electron chi connectivity index (χ1n) is 8.59. The maximum absolute atomic E-state index is 12.0. The summed E-state index contributed by atoms with van der Waals surface area (Å²) in [6, 6.07) is 6.84. The lowest BCUT2D eigenvalue weighted by Gasteiger charge is -2.22. The van der Waals surface area contributed by atoms with Gasteiger partial charge in [0.25, 0.3) is 0 Å². The number of carbonyl (C=O) groups excluding carboxylic acids is 1. The van der Waals surface area contributed by atoms with Gasteiger partial charge in [-0.2, -0.15) is 0 Å². The van der Waals surface area contributed by atoms with Gasteiger partial charge < -0.3 is 9.30 Å². The van der Waals surface area contributed by atoms with E-state index in [4.69, 9.17) is 4.74 Å². The maximum Gasteiger partial charge on any atom is 0.309 e. The highest BCUT2D eigenvalue weighted by Crippen LogP contribution is 2.37. The fourth-order valence-electron chi connectivity index (χ4n) is 3.85. The summed E-state index contributed by atoms with van der Waals surface area (Å²) in [5.74, 6) is -0.0678. The largest absolute Gasteiger partial charge is 0.469 e. The number of benzene rings is 1. The fraction of sp³-hybridized carbons (Fsp3) is 0.550. The summed E-state index contributed by atoms with van der Waals surface area (Å²) < 4.78 is 7.40. The number of aryl methyl sites for hydroxylation is 1. The molecule has 0 aliphatic heterocycles. The highest BCUT2D eigenvalue weighted by Gasteiger charge is 2.30. The van der Waals surface area contributed by atoms with E-state index in [-0.39, 0.29) is 17.3 Å². The van der Waals surface area contributed by atoms with Gasteiger partial charge in [0.15, 0.2) is 0 Å². The molecule has 1 aromatic heterocycles. The first-order chi connectivity index (χ1) is 10.9. The van der Waals surface area contributed by atoms with E-state index in [9.17, 15) is 4.79 Å². The van der Waals surface area contributed by atoms with Crippen LogP contribution in [0.2, 0.25) is 0 Å². The van der Waals surface area contributed by atoms with Gasteiger partial charge in [-0.3, -0.25) is 4.79 Å². The molecule has 1 unspecified atom stereocenters. The van der Waals surface area contributed by atoms with Crippen molar-refractivity contribution in [3.63, 3.8) is 0 Å². The number of hydrogen-bond donors (Lipinski definition) is 0. The van der Waals surface area contributed by atoms with Gasteiger partial charge in [-0.1, -0.05) is 26.8 Å². The number of fused-ring (bicyclic) bond motifs is 3. The Bertz CT molecular complexity index is 749. The van der Waals surface area contributed by atoms with Gasteiger partial charge in [-0.25, -0.2) is 0 Å². The molecule has 0 amide bonds. The number of ether oxygens (including phenoxy) is 1. The Hall–Kier alpha value is -1.77. The molecule has 1 aliphatic carbocycles. The maximum atomic E-state index is 12.0. The molecule has 0 radical (unpaired) electrons. The fourth-order valence-corrected chi connectivity index (χ4v) is 3.85. The molecule has 0 saturated heterocycles. The van der Waals surface area contributed by atoms with Crippen LogP contribution in [0.1, 0.15) is 50.9 Å². The van der Waals surface area contributed by atoms with Crippen molar-refractivity contribution < 1.29 is 9.53 Å². The molecule has 0 fully saturated rings. The van der Waals surface area contributed by atoms with Crippen molar-refractivity contribution in [2.45, 2.75) is 58.9 Å². The molecule has 0 bridgehead atoms. The minimum atomic E-state index is -0.0694. The predicted molar refractivity (Wildman–Crippen MR) is 93.8 cm³/mol. The molecule has 0 spiro atoms. The lowest BCUT2D eigenvalue weighted by atomic mass is 9.83. The molecular formula is C20H27NO2. The van der Waals surface area contributed by atoms with Crippen LogP contribution in [-0.4, -0.2) is 17.6 Å². The first kappa shape index (κ1) is 16.1. The minimum absolute atomic E-state index is 0.00157. The van der Waals surface area contributed by atoms with Crippen LogP contribution in [0, 0.1) is 5.92 Å². The average molecular weight is 313 g/mol. The van der Waals surface area contributed by atoms with Crippen molar-refractivity contribution in [1.29, 1.82) is 0 Å². The second-order valence-corrected chi connectivity index (χ2v) is 7.61. The van der Waals surface area contributed by atoms with Crippen LogP contribution in [-0.2, 0) is 34.3 Å².